The standard InChI is InChI=1S/C18H23N3O2/c1-12(2)16-8-17(23-20-16)18(22)21-10-14(9-19)15(11-21)13-6-4-3-5-7-13/h3-8,12,14-15H,9-11,19H2,1-2H3/t14-,15+/m1/s1. The molecule has 2 atom stereocenters. The molecule has 1 aliphatic rings. The fraction of sp³-hybridized carbons (Fsp3) is 0.444. The van der Waals surface area contributed by atoms with Crippen LogP contribution in [0.25, 0.3) is 0 Å². The number of hydrogen-bond acceptors (Lipinski definition) is 4. The van der Waals surface area contributed by atoms with E-state index in [-0.39, 0.29) is 23.7 Å². The molecule has 2 N–H and O–H groups in total. The van der Waals surface area contributed by atoms with Gasteiger partial charge >= 0.3 is 0 Å². The third kappa shape index (κ3) is 3.15. The van der Waals surface area contributed by atoms with Gasteiger partial charge in [0.05, 0.1) is 5.69 Å². The molecule has 2 heterocycles. The molecule has 1 saturated heterocycles. The Morgan fingerprint density at radius 2 is 2.09 bits per heavy atom. The molecular formula is C18H23N3O2. The molecule has 3 rings (SSSR count). The molecule has 0 spiro atoms. The van der Waals surface area contributed by atoms with E-state index >= 15 is 0 Å². The number of nitrogens with two attached hydrogens (primary N) is 1. The lowest BCUT2D eigenvalue weighted by Crippen LogP contribution is -2.29. The van der Waals surface area contributed by atoms with E-state index in [0.29, 0.717) is 25.4 Å². The Morgan fingerprint density at radius 1 is 1.35 bits per heavy atom. The molecule has 122 valence electrons. The zero-order chi connectivity index (χ0) is 16.4. The maximum atomic E-state index is 12.7. The predicted octanol–water partition coefficient (Wildman–Crippen LogP) is 2.61. The fourth-order valence-electron chi connectivity index (χ4n) is 3.17. The van der Waals surface area contributed by atoms with E-state index in [1.807, 2.05) is 36.9 Å². The number of amides is 1. The highest BCUT2D eigenvalue weighted by atomic mass is 16.5. The number of aromatic nitrogens is 1. The summed E-state index contributed by atoms with van der Waals surface area (Å²) in [7, 11) is 0. The highest BCUT2D eigenvalue weighted by Gasteiger charge is 2.36. The van der Waals surface area contributed by atoms with Crippen molar-refractivity contribution in [1.82, 2.24) is 10.1 Å². The molecule has 0 radical (unpaired) electrons. The largest absolute Gasteiger partial charge is 0.351 e. The van der Waals surface area contributed by atoms with E-state index in [1.54, 1.807) is 6.07 Å². The van der Waals surface area contributed by atoms with Crippen LogP contribution in [0.3, 0.4) is 0 Å². The average Bonchev–Trinajstić information content (AvgIpc) is 3.22. The molecule has 1 aromatic carbocycles. The van der Waals surface area contributed by atoms with Crippen molar-refractivity contribution >= 4 is 5.91 Å². The van der Waals surface area contributed by atoms with Gasteiger partial charge in [-0.2, -0.15) is 0 Å². The van der Waals surface area contributed by atoms with Gasteiger partial charge in [-0.15, -0.1) is 0 Å². The number of carbonyl (C=O) groups is 1. The average molecular weight is 313 g/mol. The van der Waals surface area contributed by atoms with E-state index in [4.69, 9.17) is 10.3 Å². The van der Waals surface area contributed by atoms with E-state index in [0.717, 1.165) is 5.69 Å². The minimum absolute atomic E-state index is 0.0960. The Bertz CT molecular complexity index is 666. The normalized spacial score (nSPS) is 21.1. The van der Waals surface area contributed by atoms with E-state index in [2.05, 4.69) is 17.3 Å². The molecule has 1 fully saturated rings. The second kappa shape index (κ2) is 6.54. The molecular weight excluding hydrogens is 290 g/mol. The summed E-state index contributed by atoms with van der Waals surface area (Å²) in [6.07, 6.45) is 0. The molecule has 0 aliphatic carbocycles. The van der Waals surface area contributed by atoms with Crippen LogP contribution in [0.1, 0.15) is 47.5 Å². The van der Waals surface area contributed by atoms with Crippen LogP contribution in [0.15, 0.2) is 40.9 Å². The zero-order valence-electron chi connectivity index (χ0n) is 13.6. The van der Waals surface area contributed by atoms with Crippen LogP contribution in [0.2, 0.25) is 0 Å². The van der Waals surface area contributed by atoms with Crippen LogP contribution in [-0.2, 0) is 0 Å². The minimum Gasteiger partial charge on any atom is -0.351 e. The number of carbonyl (C=O) groups excluding carboxylic acids is 1. The summed E-state index contributed by atoms with van der Waals surface area (Å²) in [4.78, 5) is 14.5. The summed E-state index contributed by atoms with van der Waals surface area (Å²) in [5.41, 5.74) is 7.98. The molecule has 5 nitrogen and oxygen atoms in total. The molecule has 2 aromatic rings. The fourth-order valence-corrected chi connectivity index (χ4v) is 3.17. The van der Waals surface area contributed by atoms with Crippen LogP contribution >= 0.6 is 0 Å². The Hall–Kier alpha value is -2.14. The van der Waals surface area contributed by atoms with Crippen LogP contribution < -0.4 is 5.73 Å². The van der Waals surface area contributed by atoms with Gasteiger partial charge < -0.3 is 15.2 Å². The first kappa shape index (κ1) is 15.7. The van der Waals surface area contributed by atoms with Crippen molar-refractivity contribution < 1.29 is 9.32 Å². The second-order valence-electron chi connectivity index (χ2n) is 6.49. The lowest BCUT2D eigenvalue weighted by atomic mass is 9.89. The smallest absolute Gasteiger partial charge is 0.292 e. The van der Waals surface area contributed by atoms with Crippen molar-refractivity contribution in [3.05, 3.63) is 53.4 Å². The first-order valence-corrected chi connectivity index (χ1v) is 8.11. The zero-order valence-corrected chi connectivity index (χ0v) is 13.6. The highest BCUT2D eigenvalue weighted by Crippen LogP contribution is 2.33. The van der Waals surface area contributed by atoms with Gasteiger partial charge in [-0.05, 0) is 23.9 Å². The van der Waals surface area contributed by atoms with Gasteiger partial charge in [-0.25, -0.2) is 0 Å². The second-order valence-corrected chi connectivity index (χ2v) is 6.49. The van der Waals surface area contributed by atoms with Crippen LogP contribution in [0.5, 0.6) is 0 Å². The minimum atomic E-state index is -0.0960. The van der Waals surface area contributed by atoms with Gasteiger partial charge in [0.1, 0.15) is 0 Å². The monoisotopic (exact) mass is 313 g/mol. The summed E-state index contributed by atoms with van der Waals surface area (Å²) >= 11 is 0. The van der Waals surface area contributed by atoms with E-state index < -0.39 is 0 Å². The van der Waals surface area contributed by atoms with Gasteiger partial charge in [-0.3, -0.25) is 4.79 Å². The van der Waals surface area contributed by atoms with Gasteiger partial charge in [0.15, 0.2) is 0 Å². The van der Waals surface area contributed by atoms with Crippen molar-refractivity contribution in [3.63, 3.8) is 0 Å². The first-order valence-electron chi connectivity index (χ1n) is 8.11. The summed E-state index contributed by atoms with van der Waals surface area (Å²) in [6.45, 7) is 5.95. The van der Waals surface area contributed by atoms with Crippen molar-refractivity contribution in [2.24, 2.45) is 11.7 Å². The Balaban J connectivity index is 1.77. The number of likely N-dealkylation sites (tertiary alicyclic amines) is 1. The summed E-state index contributed by atoms with van der Waals surface area (Å²) in [5.74, 6) is 1.01. The summed E-state index contributed by atoms with van der Waals surface area (Å²) in [6, 6.07) is 12.0. The first-order chi connectivity index (χ1) is 11.1. The highest BCUT2D eigenvalue weighted by molar-refractivity contribution is 5.91. The van der Waals surface area contributed by atoms with Crippen LogP contribution in [-0.4, -0.2) is 35.6 Å². The van der Waals surface area contributed by atoms with E-state index in [9.17, 15) is 4.79 Å². The lowest BCUT2D eigenvalue weighted by Gasteiger charge is -2.16. The van der Waals surface area contributed by atoms with Crippen LogP contribution in [0.4, 0.5) is 0 Å². The van der Waals surface area contributed by atoms with Crippen molar-refractivity contribution in [3.8, 4) is 0 Å². The van der Waals surface area contributed by atoms with Crippen molar-refractivity contribution in [2.75, 3.05) is 19.6 Å². The maximum absolute atomic E-state index is 12.7. The molecule has 1 amide bonds. The number of rotatable bonds is 4. The number of nitrogens with zero attached hydrogens (tertiary/aromatic N) is 2. The van der Waals surface area contributed by atoms with E-state index in [1.165, 1.54) is 5.56 Å². The molecule has 5 heteroatoms. The number of hydrogen-bond donors (Lipinski definition) is 1. The van der Waals surface area contributed by atoms with Gasteiger partial charge in [-0.1, -0.05) is 49.3 Å². The van der Waals surface area contributed by atoms with Gasteiger partial charge in [0, 0.05) is 25.1 Å². The molecule has 0 bridgehead atoms. The molecule has 1 aromatic heterocycles. The molecule has 0 unspecified atom stereocenters. The third-order valence-corrected chi connectivity index (χ3v) is 4.59. The third-order valence-electron chi connectivity index (χ3n) is 4.59. The number of benzene rings is 1. The molecule has 1 aliphatic heterocycles. The summed E-state index contributed by atoms with van der Waals surface area (Å²) in [5, 5.41) is 3.98. The SMILES string of the molecule is CC(C)c1cc(C(=O)N2C[C@@H](CN)[C@H](c3ccccc3)C2)on1. The predicted molar refractivity (Wildman–Crippen MR) is 88.2 cm³/mol. The Labute approximate surface area is 136 Å². The molecule has 0 saturated carbocycles. The lowest BCUT2D eigenvalue weighted by molar-refractivity contribution is 0.0744. The Morgan fingerprint density at radius 3 is 2.70 bits per heavy atom. The van der Waals surface area contributed by atoms with Crippen molar-refractivity contribution in [2.45, 2.75) is 25.7 Å². The summed E-state index contributed by atoms with van der Waals surface area (Å²) < 4.78 is 5.24. The Kier molecular flexibility index (Phi) is 4.48. The topological polar surface area (TPSA) is 72.4 Å². The van der Waals surface area contributed by atoms with Gasteiger partial charge in [0.25, 0.3) is 5.91 Å². The van der Waals surface area contributed by atoms with Crippen LogP contribution in [0, 0.1) is 5.92 Å². The van der Waals surface area contributed by atoms with Gasteiger partial charge in [0.2, 0.25) is 5.76 Å². The maximum Gasteiger partial charge on any atom is 0.292 e. The molecule has 23 heavy (non-hydrogen) atoms. The quantitative estimate of drug-likeness (QED) is 0.941. The van der Waals surface area contributed by atoms with Crippen molar-refractivity contribution in [1.29, 1.82) is 0 Å².